The topological polar surface area (TPSA) is 68.7 Å². The minimum absolute atomic E-state index is 0.0480. The van der Waals surface area contributed by atoms with E-state index >= 15 is 0 Å². The summed E-state index contributed by atoms with van der Waals surface area (Å²) in [5.41, 5.74) is 1.98. The van der Waals surface area contributed by atoms with Crippen molar-refractivity contribution in [3.05, 3.63) is 64.9 Å². The van der Waals surface area contributed by atoms with Gasteiger partial charge < -0.3 is 9.47 Å². The van der Waals surface area contributed by atoms with Crippen LogP contribution in [0.4, 0.5) is 5.13 Å². The molecule has 1 fully saturated rings. The van der Waals surface area contributed by atoms with E-state index in [2.05, 4.69) is 11.6 Å². The van der Waals surface area contributed by atoms with Crippen molar-refractivity contribution < 1.29 is 19.1 Å². The van der Waals surface area contributed by atoms with Crippen LogP contribution in [0.3, 0.4) is 0 Å². The van der Waals surface area contributed by atoms with Gasteiger partial charge in [0.25, 0.3) is 5.91 Å². The largest absolute Gasteiger partial charge is 0.490 e. The average Bonchev–Trinajstić information content (AvgIpc) is 3.34. The van der Waals surface area contributed by atoms with E-state index in [-0.39, 0.29) is 34.8 Å². The van der Waals surface area contributed by atoms with E-state index < -0.39 is 6.04 Å². The van der Waals surface area contributed by atoms with Gasteiger partial charge in [0.2, 0.25) is 0 Å². The molecule has 3 aliphatic rings. The van der Waals surface area contributed by atoms with E-state index in [1.54, 1.807) is 11.0 Å². The van der Waals surface area contributed by atoms with E-state index in [0.717, 1.165) is 17.7 Å². The summed E-state index contributed by atoms with van der Waals surface area (Å²) < 4.78 is 11.9. The van der Waals surface area contributed by atoms with Crippen LogP contribution in [0.5, 0.6) is 5.75 Å². The van der Waals surface area contributed by atoms with Crippen LogP contribution >= 0.6 is 22.9 Å². The molecule has 0 bridgehead atoms. The number of benzene rings is 1. The summed E-state index contributed by atoms with van der Waals surface area (Å²) >= 11 is 7.76. The van der Waals surface area contributed by atoms with Crippen LogP contribution in [-0.2, 0) is 14.3 Å². The van der Waals surface area contributed by atoms with Crippen LogP contribution in [0.2, 0.25) is 0 Å². The number of hydrogen-bond donors (Lipinski definition) is 0. The highest BCUT2D eigenvalue weighted by Gasteiger charge is 2.53. The molecule has 1 aliphatic carbocycles. The lowest BCUT2D eigenvalue weighted by Crippen LogP contribution is -2.41. The molecule has 0 N–H and O–H groups in total. The molecular weight excluding hydrogens is 448 g/mol. The van der Waals surface area contributed by atoms with Gasteiger partial charge in [0.15, 0.2) is 16.7 Å². The molecule has 4 unspecified atom stereocenters. The highest BCUT2D eigenvalue weighted by Crippen LogP contribution is 2.49. The second kappa shape index (κ2) is 8.37. The van der Waals surface area contributed by atoms with Crippen LogP contribution in [0.1, 0.15) is 36.6 Å². The molecular formula is C24H23ClN2O4S. The van der Waals surface area contributed by atoms with Gasteiger partial charge >= 0.3 is 0 Å². The lowest BCUT2D eigenvalue weighted by Gasteiger charge is -2.37. The maximum Gasteiger partial charge on any atom is 0.296 e. The quantitative estimate of drug-likeness (QED) is 0.466. The van der Waals surface area contributed by atoms with E-state index in [1.165, 1.54) is 11.3 Å². The zero-order chi connectivity index (χ0) is 22.4. The number of carbonyl (C=O) groups excluding carboxylic acids is 2. The summed E-state index contributed by atoms with van der Waals surface area (Å²) in [4.78, 5) is 33.4. The third-order valence-electron chi connectivity index (χ3n) is 6.14. The standard InChI is InChI=1S/C24H23ClN2O4S/c1-3-9-30-16-6-4-5-14(10-16)20-19-21(28)17-11-15(25)7-8-18(17)31-22(19)23(29)27(20)24-26-13(2)12-32-24/h3-6,10,12,15,17-18,20H,1,7-9,11H2,2H3. The smallest absolute Gasteiger partial charge is 0.296 e. The molecule has 32 heavy (non-hydrogen) atoms. The minimum atomic E-state index is -0.625. The maximum absolute atomic E-state index is 13.7. The highest BCUT2D eigenvalue weighted by molar-refractivity contribution is 7.14. The van der Waals surface area contributed by atoms with Gasteiger partial charge in [0.05, 0.1) is 23.2 Å². The molecule has 166 valence electrons. The Morgan fingerprint density at radius 2 is 2.22 bits per heavy atom. The number of ketones is 1. The average molecular weight is 471 g/mol. The molecule has 1 aromatic heterocycles. The molecule has 2 aliphatic heterocycles. The number of ether oxygens (including phenoxy) is 2. The zero-order valence-electron chi connectivity index (χ0n) is 17.6. The fourth-order valence-electron chi connectivity index (χ4n) is 4.71. The number of fused-ring (bicyclic) bond motifs is 1. The lowest BCUT2D eigenvalue weighted by atomic mass is 9.77. The number of anilines is 1. The number of nitrogens with zero attached hydrogens (tertiary/aromatic N) is 2. The van der Waals surface area contributed by atoms with Gasteiger partial charge in [-0.05, 0) is 43.9 Å². The first kappa shape index (κ1) is 21.2. The first-order chi connectivity index (χ1) is 15.5. The van der Waals surface area contributed by atoms with E-state index in [9.17, 15) is 9.59 Å². The normalized spacial score (nSPS) is 27.1. The molecule has 4 atom stereocenters. The number of thiazole rings is 1. The van der Waals surface area contributed by atoms with E-state index in [4.69, 9.17) is 21.1 Å². The molecule has 0 saturated heterocycles. The van der Waals surface area contributed by atoms with Crippen molar-refractivity contribution in [3.63, 3.8) is 0 Å². The summed E-state index contributed by atoms with van der Waals surface area (Å²) in [6.45, 7) is 5.92. The number of aryl methyl sites for hydroxylation is 1. The number of aromatic nitrogens is 1. The van der Waals surface area contributed by atoms with Gasteiger partial charge in [-0.1, -0.05) is 24.8 Å². The van der Waals surface area contributed by atoms with Gasteiger partial charge in [-0.25, -0.2) is 4.98 Å². The molecule has 8 heteroatoms. The van der Waals surface area contributed by atoms with Crippen LogP contribution in [0.15, 0.2) is 53.6 Å². The Morgan fingerprint density at radius 1 is 1.38 bits per heavy atom. The van der Waals surface area contributed by atoms with Crippen LogP contribution in [0.25, 0.3) is 0 Å². The molecule has 2 aromatic rings. The van der Waals surface area contributed by atoms with Crippen LogP contribution in [-0.4, -0.2) is 34.8 Å². The Kier molecular flexibility index (Phi) is 5.55. The predicted molar refractivity (Wildman–Crippen MR) is 123 cm³/mol. The van der Waals surface area contributed by atoms with Gasteiger partial charge in [-0.3, -0.25) is 14.5 Å². The van der Waals surface area contributed by atoms with Gasteiger partial charge in [-0.15, -0.1) is 22.9 Å². The third kappa shape index (κ3) is 3.53. The second-order valence-electron chi connectivity index (χ2n) is 8.30. The monoisotopic (exact) mass is 470 g/mol. The van der Waals surface area contributed by atoms with Gasteiger partial charge in [0.1, 0.15) is 18.5 Å². The Hall–Kier alpha value is -2.64. The first-order valence-electron chi connectivity index (χ1n) is 10.7. The molecule has 5 rings (SSSR count). The third-order valence-corrected chi connectivity index (χ3v) is 7.49. The Bertz CT molecular complexity index is 1130. The second-order valence-corrected chi connectivity index (χ2v) is 9.76. The molecule has 1 amide bonds. The Morgan fingerprint density at radius 3 is 2.97 bits per heavy atom. The molecule has 6 nitrogen and oxygen atoms in total. The number of carbonyl (C=O) groups is 2. The van der Waals surface area contributed by atoms with Crippen molar-refractivity contribution in [1.82, 2.24) is 4.98 Å². The Labute approximate surface area is 195 Å². The molecule has 0 radical (unpaired) electrons. The van der Waals surface area contributed by atoms with Crippen molar-refractivity contribution >= 4 is 39.8 Å². The molecule has 1 aromatic carbocycles. The minimum Gasteiger partial charge on any atom is -0.490 e. The number of hydrogen-bond acceptors (Lipinski definition) is 6. The summed E-state index contributed by atoms with van der Waals surface area (Å²) in [6, 6.07) is 6.82. The number of alkyl halides is 1. The van der Waals surface area contributed by atoms with E-state index in [0.29, 0.717) is 35.9 Å². The number of Topliss-reactive ketones (excluding diaryl/α,β-unsaturated/α-hetero) is 1. The van der Waals surface area contributed by atoms with Crippen LogP contribution in [0, 0.1) is 12.8 Å². The zero-order valence-corrected chi connectivity index (χ0v) is 19.2. The Balaban J connectivity index is 1.61. The lowest BCUT2D eigenvalue weighted by molar-refractivity contribution is -0.131. The maximum atomic E-state index is 13.7. The van der Waals surface area contributed by atoms with Gasteiger partial charge in [0, 0.05) is 10.8 Å². The predicted octanol–water partition coefficient (Wildman–Crippen LogP) is 4.73. The summed E-state index contributed by atoms with van der Waals surface area (Å²) in [5, 5.41) is 2.37. The van der Waals surface area contributed by atoms with Crippen molar-refractivity contribution in [2.75, 3.05) is 11.5 Å². The van der Waals surface area contributed by atoms with Crippen molar-refractivity contribution in [2.24, 2.45) is 5.92 Å². The highest BCUT2D eigenvalue weighted by atomic mass is 35.5. The summed E-state index contributed by atoms with van der Waals surface area (Å²) in [7, 11) is 0. The number of rotatable bonds is 5. The van der Waals surface area contributed by atoms with Gasteiger partial charge in [-0.2, -0.15) is 0 Å². The fourth-order valence-corrected chi connectivity index (χ4v) is 5.86. The summed E-state index contributed by atoms with van der Waals surface area (Å²) in [6.07, 6.45) is 3.36. The SMILES string of the molecule is C=CCOc1cccc(C2C3=C(OC4CCC(Cl)CC4C3=O)C(=O)N2c2nc(C)cs2)c1. The van der Waals surface area contributed by atoms with Crippen molar-refractivity contribution in [3.8, 4) is 5.75 Å². The van der Waals surface area contributed by atoms with Crippen molar-refractivity contribution in [2.45, 2.75) is 43.7 Å². The molecule has 1 saturated carbocycles. The fraction of sp³-hybridized carbons (Fsp3) is 0.375. The van der Waals surface area contributed by atoms with Crippen LogP contribution < -0.4 is 9.64 Å². The summed E-state index contributed by atoms with van der Waals surface area (Å²) in [5.74, 6) is 0.0856. The number of halogens is 1. The van der Waals surface area contributed by atoms with E-state index in [1.807, 2.05) is 36.6 Å². The molecule has 3 heterocycles. The number of amides is 1. The van der Waals surface area contributed by atoms with Crippen molar-refractivity contribution in [1.29, 1.82) is 0 Å². The first-order valence-corrected chi connectivity index (χ1v) is 12.0. The molecule has 0 spiro atoms.